The van der Waals surface area contributed by atoms with Crippen LogP contribution in [-0.2, 0) is 11.3 Å². The third kappa shape index (κ3) is 4.12. The Balaban J connectivity index is 1.49. The highest BCUT2D eigenvalue weighted by Crippen LogP contribution is 2.20. The highest BCUT2D eigenvalue weighted by Gasteiger charge is 2.14. The summed E-state index contributed by atoms with van der Waals surface area (Å²) in [5.41, 5.74) is 1.80. The average molecular weight is 358 g/mol. The Bertz CT molecular complexity index is 1020. The van der Waals surface area contributed by atoms with Crippen molar-refractivity contribution in [1.29, 1.82) is 0 Å². The van der Waals surface area contributed by atoms with Crippen molar-refractivity contribution in [2.45, 2.75) is 12.6 Å². The summed E-state index contributed by atoms with van der Waals surface area (Å²) in [6.07, 6.45) is 6.26. The van der Waals surface area contributed by atoms with E-state index in [9.17, 15) is 4.79 Å². The minimum absolute atomic E-state index is 0.204. The molecule has 2 aromatic carbocycles. The van der Waals surface area contributed by atoms with E-state index >= 15 is 0 Å². The first-order valence-corrected chi connectivity index (χ1v) is 8.62. The highest BCUT2D eigenvalue weighted by atomic mass is 16.3. The molecule has 6 nitrogen and oxygen atoms in total. The van der Waals surface area contributed by atoms with Gasteiger partial charge >= 0.3 is 0 Å². The number of benzene rings is 2. The molecule has 1 unspecified atom stereocenters. The third-order valence-electron chi connectivity index (χ3n) is 4.20. The molecule has 0 radical (unpaired) electrons. The molecule has 6 heteroatoms. The van der Waals surface area contributed by atoms with E-state index in [1.165, 1.54) is 12.4 Å². The number of hydrogen-bond acceptors (Lipinski definition) is 4. The number of carbonyl (C=O) groups excluding carboxylic acids is 1. The van der Waals surface area contributed by atoms with Crippen LogP contribution in [0.3, 0.4) is 0 Å². The molecule has 4 rings (SSSR count). The molecule has 27 heavy (non-hydrogen) atoms. The largest absolute Gasteiger partial charge is 0.457 e. The number of nitrogens with zero attached hydrogens (tertiary/aromatic N) is 3. The Labute approximate surface area is 156 Å². The number of nitrogens with one attached hydrogen (secondary N) is 1. The Morgan fingerprint density at radius 2 is 1.96 bits per heavy atom. The van der Waals surface area contributed by atoms with E-state index < -0.39 is 0 Å². The van der Waals surface area contributed by atoms with Gasteiger partial charge in [-0.1, -0.05) is 48.5 Å². The van der Waals surface area contributed by atoms with E-state index in [4.69, 9.17) is 4.42 Å². The lowest BCUT2D eigenvalue weighted by molar-refractivity contribution is -0.117. The van der Waals surface area contributed by atoms with Gasteiger partial charge in [0, 0.05) is 11.5 Å². The molecule has 0 aliphatic heterocycles. The van der Waals surface area contributed by atoms with Gasteiger partial charge in [0.2, 0.25) is 5.91 Å². The number of fused-ring (bicyclic) bond motifs is 1. The predicted octanol–water partition coefficient (Wildman–Crippen LogP) is 3.60. The van der Waals surface area contributed by atoms with Gasteiger partial charge in [-0.25, -0.2) is 4.98 Å². The Kier molecular flexibility index (Phi) is 4.78. The number of aromatic nitrogens is 3. The zero-order valence-corrected chi connectivity index (χ0v) is 14.5. The van der Waals surface area contributed by atoms with Crippen molar-refractivity contribution < 1.29 is 9.21 Å². The van der Waals surface area contributed by atoms with Gasteiger partial charge in [-0.3, -0.25) is 9.48 Å². The van der Waals surface area contributed by atoms with Crippen molar-refractivity contribution in [1.82, 2.24) is 20.1 Å². The standard InChI is InChI=1S/C21H18N4O2/c26-21(11-10-18-12-17-8-4-5-9-20(17)27-18)24-19(13-25-15-22-14-23-25)16-6-2-1-3-7-16/h1-12,14-15,19H,13H2,(H,24,26)/b11-10+. The first-order valence-electron chi connectivity index (χ1n) is 8.62. The van der Waals surface area contributed by atoms with Crippen LogP contribution in [0.4, 0.5) is 0 Å². The van der Waals surface area contributed by atoms with E-state index in [0.717, 1.165) is 16.5 Å². The fourth-order valence-electron chi connectivity index (χ4n) is 2.90. The minimum Gasteiger partial charge on any atom is -0.457 e. The van der Waals surface area contributed by atoms with Crippen LogP contribution in [0.1, 0.15) is 17.4 Å². The molecule has 2 aromatic heterocycles. The molecule has 2 heterocycles. The minimum atomic E-state index is -0.222. The first kappa shape index (κ1) is 16.8. The predicted molar refractivity (Wildman–Crippen MR) is 103 cm³/mol. The van der Waals surface area contributed by atoms with Gasteiger partial charge in [0.1, 0.15) is 24.0 Å². The molecule has 0 spiro atoms. The van der Waals surface area contributed by atoms with Crippen molar-refractivity contribution >= 4 is 23.0 Å². The van der Waals surface area contributed by atoms with Gasteiger partial charge in [0.05, 0.1) is 12.6 Å². The summed E-state index contributed by atoms with van der Waals surface area (Å²) in [5, 5.41) is 8.15. The quantitative estimate of drug-likeness (QED) is 0.535. The number of rotatable bonds is 6. The molecule has 1 N–H and O–H groups in total. The summed E-state index contributed by atoms with van der Waals surface area (Å²) in [6.45, 7) is 0.494. The van der Waals surface area contributed by atoms with Crippen LogP contribution in [0.5, 0.6) is 0 Å². The lowest BCUT2D eigenvalue weighted by Crippen LogP contribution is -2.30. The second-order valence-corrected chi connectivity index (χ2v) is 6.11. The molecule has 4 aromatic rings. The zero-order valence-electron chi connectivity index (χ0n) is 14.5. The van der Waals surface area contributed by atoms with Crippen molar-refractivity contribution in [2.75, 3.05) is 0 Å². The maximum absolute atomic E-state index is 12.5. The summed E-state index contributed by atoms with van der Waals surface area (Å²) < 4.78 is 7.40. The van der Waals surface area contributed by atoms with Crippen LogP contribution in [0.15, 0.2) is 83.8 Å². The zero-order chi connectivity index (χ0) is 18.5. The van der Waals surface area contributed by atoms with Gasteiger partial charge in [0.15, 0.2) is 0 Å². The van der Waals surface area contributed by atoms with Crippen molar-refractivity contribution in [2.24, 2.45) is 0 Å². The monoisotopic (exact) mass is 358 g/mol. The number of carbonyl (C=O) groups is 1. The average Bonchev–Trinajstić information content (AvgIpc) is 3.36. The number of para-hydroxylation sites is 1. The van der Waals surface area contributed by atoms with Crippen LogP contribution in [-0.4, -0.2) is 20.7 Å². The summed E-state index contributed by atoms with van der Waals surface area (Å²) in [7, 11) is 0. The summed E-state index contributed by atoms with van der Waals surface area (Å²) >= 11 is 0. The van der Waals surface area contributed by atoms with Gasteiger partial charge in [-0.15, -0.1) is 0 Å². The number of amides is 1. The van der Waals surface area contributed by atoms with Gasteiger partial charge in [-0.05, 0) is 23.8 Å². The molecule has 0 fully saturated rings. The lowest BCUT2D eigenvalue weighted by Gasteiger charge is -2.18. The molecule has 0 bridgehead atoms. The maximum atomic E-state index is 12.5. The molecule has 1 atom stereocenters. The molecule has 1 amide bonds. The Hall–Kier alpha value is -3.67. The van der Waals surface area contributed by atoms with Crippen LogP contribution in [0.25, 0.3) is 17.0 Å². The topological polar surface area (TPSA) is 73.0 Å². The van der Waals surface area contributed by atoms with E-state index in [2.05, 4.69) is 15.4 Å². The fourth-order valence-corrected chi connectivity index (χ4v) is 2.90. The van der Waals surface area contributed by atoms with E-state index in [1.807, 2.05) is 60.7 Å². The Morgan fingerprint density at radius 3 is 2.74 bits per heavy atom. The summed E-state index contributed by atoms with van der Waals surface area (Å²) in [5.74, 6) is 0.434. The van der Waals surface area contributed by atoms with Crippen LogP contribution >= 0.6 is 0 Å². The van der Waals surface area contributed by atoms with Gasteiger partial charge in [-0.2, -0.15) is 5.10 Å². The van der Waals surface area contributed by atoms with Crippen LogP contribution in [0.2, 0.25) is 0 Å². The second-order valence-electron chi connectivity index (χ2n) is 6.11. The lowest BCUT2D eigenvalue weighted by atomic mass is 10.1. The molecule has 0 aliphatic rings. The molecule has 0 saturated heterocycles. The number of furan rings is 1. The van der Waals surface area contributed by atoms with Gasteiger partial charge in [0.25, 0.3) is 0 Å². The summed E-state index contributed by atoms with van der Waals surface area (Å²) in [6, 6.07) is 19.2. The molecule has 0 aliphatic carbocycles. The molecule has 0 saturated carbocycles. The van der Waals surface area contributed by atoms with E-state index in [-0.39, 0.29) is 11.9 Å². The Morgan fingerprint density at radius 1 is 1.15 bits per heavy atom. The van der Waals surface area contributed by atoms with Crippen LogP contribution in [0, 0.1) is 0 Å². The normalized spacial score (nSPS) is 12.4. The smallest absolute Gasteiger partial charge is 0.244 e. The SMILES string of the molecule is O=C(/C=C/c1cc2ccccc2o1)NC(Cn1cncn1)c1ccccc1. The van der Waals surface area contributed by atoms with Crippen molar-refractivity contribution in [3.05, 3.63) is 90.7 Å². The maximum Gasteiger partial charge on any atom is 0.244 e. The van der Waals surface area contributed by atoms with Crippen molar-refractivity contribution in [3.63, 3.8) is 0 Å². The fraction of sp³-hybridized carbons (Fsp3) is 0.0952. The van der Waals surface area contributed by atoms with Gasteiger partial charge < -0.3 is 9.73 Å². The van der Waals surface area contributed by atoms with Crippen LogP contribution < -0.4 is 5.32 Å². The molecular weight excluding hydrogens is 340 g/mol. The molecular formula is C21H18N4O2. The summed E-state index contributed by atoms with van der Waals surface area (Å²) in [4.78, 5) is 16.4. The highest BCUT2D eigenvalue weighted by molar-refractivity contribution is 5.92. The number of hydrogen-bond donors (Lipinski definition) is 1. The first-order chi connectivity index (χ1) is 13.3. The van der Waals surface area contributed by atoms with E-state index in [1.54, 1.807) is 17.1 Å². The molecule has 134 valence electrons. The van der Waals surface area contributed by atoms with E-state index in [0.29, 0.717) is 12.3 Å². The van der Waals surface area contributed by atoms with Crippen molar-refractivity contribution in [3.8, 4) is 0 Å². The second kappa shape index (κ2) is 7.70. The third-order valence-corrected chi connectivity index (χ3v) is 4.20.